The van der Waals surface area contributed by atoms with Gasteiger partial charge in [-0.05, 0) is 25.0 Å². The fourth-order valence-electron chi connectivity index (χ4n) is 4.29. The molecule has 2 heterocycles. The Morgan fingerprint density at radius 3 is 2.50 bits per heavy atom. The molecule has 1 aliphatic rings. The molecule has 3 N–H and O–H groups in total. The van der Waals surface area contributed by atoms with Crippen LogP contribution in [0.2, 0.25) is 0 Å². The Hall–Kier alpha value is -3.82. The molecule has 0 radical (unpaired) electrons. The lowest BCUT2D eigenvalue weighted by atomic mass is 9.89. The Kier molecular flexibility index (Phi) is 7.15. The van der Waals surface area contributed by atoms with Gasteiger partial charge in [-0.25, -0.2) is 4.98 Å². The van der Waals surface area contributed by atoms with Crippen LogP contribution in [0.3, 0.4) is 0 Å². The van der Waals surface area contributed by atoms with Gasteiger partial charge in [0.05, 0.1) is 5.52 Å². The van der Waals surface area contributed by atoms with Crippen LogP contribution in [-0.4, -0.2) is 32.8 Å². The zero-order valence-corrected chi connectivity index (χ0v) is 19.1. The van der Waals surface area contributed by atoms with Crippen molar-refractivity contribution in [1.29, 1.82) is 0 Å². The maximum absolute atomic E-state index is 12.3. The van der Waals surface area contributed by atoms with Gasteiger partial charge < -0.3 is 9.84 Å². The lowest BCUT2D eigenvalue weighted by Crippen LogP contribution is -2.45. The van der Waals surface area contributed by atoms with Gasteiger partial charge in [-0.1, -0.05) is 55.1 Å². The standard InChI is InChI=1S/C24H28N6O4/c1-16(31)27-24(14-6-2-3-7-15-24)23-26-21(34-30-23)13-12-20(32)28-29-22(33)19-11-10-17-8-4-5-9-18(17)25-19/h4-5,8-11H,2-3,6-7,12-15H2,1H3,(H,27,31)(H,28,32)(H,29,33). The number of para-hydroxylation sites is 1. The highest BCUT2D eigenvalue weighted by atomic mass is 16.5. The van der Waals surface area contributed by atoms with Crippen LogP contribution in [0, 0.1) is 0 Å². The van der Waals surface area contributed by atoms with Crippen molar-refractivity contribution in [3.63, 3.8) is 0 Å². The van der Waals surface area contributed by atoms with E-state index in [2.05, 4.69) is 31.3 Å². The average Bonchev–Trinajstić information content (AvgIpc) is 3.20. The smallest absolute Gasteiger partial charge is 0.288 e. The summed E-state index contributed by atoms with van der Waals surface area (Å²) in [5.41, 5.74) is 5.03. The summed E-state index contributed by atoms with van der Waals surface area (Å²) in [6.07, 6.45) is 5.90. The molecule has 34 heavy (non-hydrogen) atoms. The van der Waals surface area contributed by atoms with Crippen LogP contribution in [0.25, 0.3) is 10.9 Å². The van der Waals surface area contributed by atoms with Gasteiger partial charge in [0.25, 0.3) is 5.91 Å². The molecule has 4 rings (SSSR count). The van der Waals surface area contributed by atoms with Crippen LogP contribution in [0.5, 0.6) is 0 Å². The molecular formula is C24H28N6O4. The fourth-order valence-corrected chi connectivity index (χ4v) is 4.29. The number of hydrogen-bond donors (Lipinski definition) is 3. The van der Waals surface area contributed by atoms with Gasteiger partial charge in [0.2, 0.25) is 17.7 Å². The molecule has 0 saturated heterocycles. The third-order valence-corrected chi connectivity index (χ3v) is 5.98. The van der Waals surface area contributed by atoms with E-state index in [4.69, 9.17) is 4.52 Å². The summed E-state index contributed by atoms with van der Waals surface area (Å²) in [5, 5.41) is 8.07. The second-order valence-electron chi connectivity index (χ2n) is 8.58. The van der Waals surface area contributed by atoms with Gasteiger partial charge in [-0.15, -0.1) is 0 Å². The molecule has 3 amide bonds. The minimum absolute atomic E-state index is 0.0419. The van der Waals surface area contributed by atoms with E-state index in [0.29, 0.717) is 17.2 Å². The number of aryl methyl sites for hydroxylation is 1. The highest BCUT2D eigenvalue weighted by Gasteiger charge is 2.38. The molecule has 0 spiro atoms. The zero-order chi connectivity index (χ0) is 24.0. The van der Waals surface area contributed by atoms with Crippen molar-refractivity contribution in [1.82, 2.24) is 31.3 Å². The van der Waals surface area contributed by atoms with Crippen molar-refractivity contribution < 1.29 is 18.9 Å². The number of hydrazine groups is 1. The summed E-state index contributed by atoms with van der Waals surface area (Å²) in [6, 6.07) is 10.9. The molecule has 10 nitrogen and oxygen atoms in total. The number of carbonyl (C=O) groups excluding carboxylic acids is 3. The predicted octanol–water partition coefficient (Wildman–Crippen LogP) is 2.70. The molecular weight excluding hydrogens is 436 g/mol. The van der Waals surface area contributed by atoms with E-state index in [0.717, 1.165) is 43.9 Å². The van der Waals surface area contributed by atoms with Gasteiger partial charge in [0.15, 0.2) is 5.82 Å². The van der Waals surface area contributed by atoms with Crippen molar-refractivity contribution >= 4 is 28.6 Å². The van der Waals surface area contributed by atoms with Gasteiger partial charge in [-0.3, -0.25) is 25.2 Å². The third kappa shape index (κ3) is 5.56. The average molecular weight is 465 g/mol. The molecule has 0 unspecified atom stereocenters. The maximum Gasteiger partial charge on any atom is 0.288 e. The summed E-state index contributed by atoms with van der Waals surface area (Å²) >= 11 is 0. The SMILES string of the molecule is CC(=O)NC1(c2noc(CCC(=O)NNC(=O)c3ccc4ccccc4n3)n2)CCCCCC1. The molecule has 2 aromatic heterocycles. The second kappa shape index (κ2) is 10.4. The monoisotopic (exact) mass is 464 g/mol. The quantitative estimate of drug-likeness (QED) is 0.376. The van der Waals surface area contributed by atoms with Gasteiger partial charge in [0, 0.05) is 25.2 Å². The lowest BCUT2D eigenvalue weighted by molar-refractivity contribution is -0.122. The largest absolute Gasteiger partial charge is 0.343 e. The highest BCUT2D eigenvalue weighted by Crippen LogP contribution is 2.34. The number of nitrogens with zero attached hydrogens (tertiary/aromatic N) is 3. The van der Waals surface area contributed by atoms with Crippen molar-refractivity contribution in [2.24, 2.45) is 0 Å². The van der Waals surface area contributed by atoms with E-state index < -0.39 is 17.4 Å². The van der Waals surface area contributed by atoms with E-state index in [9.17, 15) is 14.4 Å². The van der Waals surface area contributed by atoms with Crippen molar-refractivity contribution in [3.8, 4) is 0 Å². The first-order valence-corrected chi connectivity index (χ1v) is 11.5. The van der Waals surface area contributed by atoms with Crippen LogP contribution in [0.15, 0.2) is 40.9 Å². The second-order valence-corrected chi connectivity index (χ2v) is 8.58. The van der Waals surface area contributed by atoms with Crippen molar-refractivity contribution in [2.45, 2.75) is 63.8 Å². The summed E-state index contributed by atoms with van der Waals surface area (Å²) in [5.74, 6) is -0.286. The van der Waals surface area contributed by atoms with Crippen molar-refractivity contribution in [2.75, 3.05) is 0 Å². The van der Waals surface area contributed by atoms with Crippen molar-refractivity contribution in [3.05, 3.63) is 53.8 Å². The number of pyridine rings is 1. The number of rotatable bonds is 6. The first-order valence-electron chi connectivity index (χ1n) is 11.5. The Morgan fingerprint density at radius 1 is 0.971 bits per heavy atom. The summed E-state index contributed by atoms with van der Waals surface area (Å²) in [4.78, 5) is 45.2. The highest BCUT2D eigenvalue weighted by molar-refractivity contribution is 5.95. The van der Waals surface area contributed by atoms with E-state index in [1.165, 1.54) is 6.92 Å². The molecule has 10 heteroatoms. The van der Waals surface area contributed by atoms with Crippen LogP contribution < -0.4 is 16.2 Å². The normalized spacial score (nSPS) is 15.3. The predicted molar refractivity (Wildman–Crippen MR) is 123 cm³/mol. The molecule has 0 atom stereocenters. The van der Waals surface area contributed by atoms with Crippen LogP contribution in [0.4, 0.5) is 0 Å². The minimum atomic E-state index is -0.632. The van der Waals surface area contributed by atoms with Gasteiger partial charge in [0.1, 0.15) is 11.2 Å². The Morgan fingerprint density at radius 2 is 1.74 bits per heavy atom. The fraction of sp³-hybridized carbons (Fsp3) is 0.417. The van der Waals surface area contributed by atoms with Gasteiger partial charge in [-0.2, -0.15) is 4.98 Å². The first kappa shape index (κ1) is 23.3. The zero-order valence-electron chi connectivity index (χ0n) is 19.1. The van der Waals surface area contributed by atoms with E-state index >= 15 is 0 Å². The number of hydrogen-bond acceptors (Lipinski definition) is 7. The Labute approximate surface area is 196 Å². The van der Waals surface area contributed by atoms with Crippen LogP contribution in [0.1, 0.15) is 74.1 Å². The van der Waals surface area contributed by atoms with Crippen LogP contribution >= 0.6 is 0 Å². The molecule has 178 valence electrons. The number of benzene rings is 1. The molecule has 1 aromatic carbocycles. The Balaban J connectivity index is 1.31. The number of carbonyl (C=O) groups is 3. The molecule has 1 aliphatic carbocycles. The van der Waals surface area contributed by atoms with E-state index in [1.807, 2.05) is 24.3 Å². The third-order valence-electron chi connectivity index (χ3n) is 5.98. The lowest BCUT2D eigenvalue weighted by Gasteiger charge is -2.30. The summed E-state index contributed by atoms with van der Waals surface area (Å²) < 4.78 is 5.36. The summed E-state index contributed by atoms with van der Waals surface area (Å²) in [7, 11) is 0. The number of nitrogens with one attached hydrogen (secondary N) is 3. The molecule has 3 aromatic rings. The minimum Gasteiger partial charge on any atom is -0.343 e. The van der Waals surface area contributed by atoms with Crippen LogP contribution in [-0.2, 0) is 21.5 Å². The number of aromatic nitrogens is 3. The first-order chi connectivity index (χ1) is 16.4. The molecule has 1 fully saturated rings. The topological polar surface area (TPSA) is 139 Å². The maximum atomic E-state index is 12.3. The molecule has 0 bridgehead atoms. The number of fused-ring (bicyclic) bond motifs is 1. The van der Waals surface area contributed by atoms with Gasteiger partial charge >= 0.3 is 0 Å². The molecule has 0 aliphatic heterocycles. The summed E-state index contributed by atoms with van der Waals surface area (Å²) in [6.45, 7) is 1.49. The van der Waals surface area contributed by atoms with E-state index in [-0.39, 0.29) is 24.4 Å². The Bertz CT molecular complexity index is 1180. The number of amides is 3. The molecule has 1 saturated carbocycles. The van der Waals surface area contributed by atoms with E-state index in [1.54, 1.807) is 12.1 Å².